The number of thioether (sulfide) groups is 1. The summed E-state index contributed by atoms with van der Waals surface area (Å²) in [4.78, 5) is 16.2. The highest BCUT2D eigenvalue weighted by molar-refractivity contribution is 7.99. The number of aromatic nitrogens is 4. The Morgan fingerprint density at radius 2 is 2.15 bits per heavy atom. The standard InChI is InChI=1S/C17H16N6OS2/c1-2-8-23-15(12-3-6-19-7-4-12)21-22-17(23)26-11-14(24)20-16-13(10-18)5-9-25-16/h3-7,9H,2,8,11H2,1H3,(H,20,24). The molecule has 3 rings (SSSR count). The first-order chi connectivity index (χ1) is 12.7. The lowest BCUT2D eigenvalue weighted by Crippen LogP contribution is -2.14. The minimum absolute atomic E-state index is 0.176. The van der Waals surface area contributed by atoms with Crippen LogP contribution >= 0.6 is 23.1 Å². The lowest BCUT2D eigenvalue weighted by molar-refractivity contribution is -0.113. The maximum absolute atomic E-state index is 12.2. The molecule has 0 bridgehead atoms. The second kappa shape index (κ2) is 8.60. The number of carbonyl (C=O) groups excluding carboxylic acids is 1. The zero-order valence-corrected chi connectivity index (χ0v) is 15.7. The van der Waals surface area contributed by atoms with E-state index in [9.17, 15) is 4.79 Å². The molecule has 0 fully saturated rings. The molecule has 3 aromatic heterocycles. The van der Waals surface area contributed by atoms with Gasteiger partial charge in [-0.15, -0.1) is 21.5 Å². The van der Waals surface area contributed by atoms with Crippen LogP contribution in [0.2, 0.25) is 0 Å². The van der Waals surface area contributed by atoms with Crippen molar-refractivity contribution in [3.05, 3.63) is 41.5 Å². The Bertz CT molecular complexity index is 928. The summed E-state index contributed by atoms with van der Waals surface area (Å²) in [5.74, 6) is 0.786. The normalized spacial score (nSPS) is 10.5. The second-order valence-corrected chi connectivity index (χ2v) is 7.16. The summed E-state index contributed by atoms with van der Waals surface area (Å²) in [6.45, 7) is 2.84. The van der Waals surface area contributed by atoms with Gasteiger partial charge in [-0.3, -0.25) is 9.78 Å². The number of nitriles is 1. The molecule has 1 N–H and O–H groups in total. The average molecular weight is 384 g/mol. The molecule has 0 saturated carbocycles. The maximum Gasteiger partial charge on any atom is 0.235 e. The van der Waals surface area contributed by atoms with Crippen molar-refractivity contribution < 1.29 is 4.79 Å². The Hall–Kier alpha value is -2.70. The van der Waals surface area contributed by atoms with Crippen molar-refractivity contribution >= 4 is 34.0 Å². The van der Waals surface area contributed by atoms with Crippen LogP contribution in [0, 0.1) is 11.3 Å². The molecule has 132 valence electrons. The minimum Gasteiger partial charge on any atom is -0.316 e. The van der Waals surface area contributed by atoms with Gasteiger partial charge in [0.25, 0.3) is 0 Å². The fourth-order valence-corrected chi connectivity index (χ4v) is 3.84. The highest BCUT2D eigenvalue weighted by atomic mass is 32.2. The molecule has 3 heterocycles. The van der Waals surface area contributed by atoms with Crippen LogP contribution in [0.25, 0.3) is 11.4 Å². The molecule has 26 heavy (non-hydrogen) atoms. The van der Waals surface area contributed by atoms with Crippen molar-refractivity contribution in [3.63, 3.8) is 0 Å². The first-order valence-electron chi connectivity index (χ1n) is 7.96. The van der Waals surface area contributed by atoms with E-state index >= 15 is 0 Å². The molecule has 0 spiro atoms. The van der Waals surface area contributed by atoms with Gasteiger partial charge in [0.15, 0.2) is 11.0 Å². The Balaban J connectivity index is 1.71. The molecule has 3 aromatic rings. The molecule has 0 aliphatic carbocycles. The van der Waals surface area contributed by atoms with Crippen molar-refractivity contribution in [1.82, 2.24) is 19.7 Å². The highest BCUT2D eigenvalue weighted by Gasteiger charge is 2.16. The van der Waals surface area contributed by atoms with Gasteiger partial charge >= 0.3 is 0 Å². The smallest absolute Gasteiger partial charge is 0.235 e. The summed E-state index contributed by atoms with van der Waals surface area (Å²) in [5.41, 5.74) is 1.41. The van der Waals surface area contributed by atoms with E-state index in [-0.39, 0.29) is 11.7 Å². The first-order valence-corrected chi connectivity index (χ1v) is 9.83. The molecule has 1 amide bonds. The van der Waals surface area contributed by atoms with Crippen molar-refractivity contribution in [2.24, 2.45) is 0 Å². The van der Waals surface area contributed by atoms with Gasteiger partial charge in [-0.05, 0) is 30.0 Å². The van der Waals surface area contributed by atoms with E-state index in [1.807, 2.05) is 16.7 Å². The van der Waals surface area contributed by atoms with Crippen LogP contribution in [-0.4, -0.2) is 31.4 Å². The van der Waals surface area contributed by atoms with E-state index in [1.54, 1.807) is 23.8 Å². The average Bonchev–Trinajstić information content (AvgIpc) is 3.27. The van der Waals surface area contributed by atoms with Gasteiger partial charge in [0.05, 0.1) is 11.3 Å². The van der Waals surface area contributed by atoms with Crippen molar-refractivity contribution in [2.75, 3.05) is 11.1 Å². The van der Waals surface area contributed by atoms with Gasteiger partial charge in [-0.1, -0.05) is 18.7 Å². The number of rotatable bonds is 7. The molecule has 0 aliphatic heterocycles. The Morgan fingerprint density at radius 3 is 2.88 bits per heavy atom. The minimum atomic E-state index is -0.176. The van der Waals surface area contributed by atoms with E-state index in [0.717, 1.165) is 24.4 Å². The van der Waals surface area contributed by atoms with Gasteiger partial charge in [-0.25, -0.2) is 0 Å². The SMILES string of the molecule is CCCn1c(SCC(=O)Nc2sccc2C#N)nnc1-c1ccncc1. The quantitative estimate of drug-likeness (QED) is 0.627. The predicted molar refractivity (Wildman–Crippen MR) is 102 cm³/mol. The number of hydrogen-bond acceptors (Lipinski definition) is 7. The largest absolute Gasteiger partial charge is 0.316 e. The van der Waals surface area contributed by atoms with E-state index in [2.05, 4.69) is 33.5 Å². The Labute approximate surface area is 159 Å². The Kier molecular flexibility index (Phi) is 5.99. The van der Waals surface area contributed by atoms with Crippen LogP contribution in [0.4, 0.5) is 5.00 Å². The highest BCUT2D eigenvalue weighted by Crippen LogP contribution is 2.25. The van der Waals surface area contributed by atoms with Crippen molar-refractivity contribution in [1.29, 1.82) is 5.26 Å². The molecule has 7 nitrogen and oxygen atoms in total. The van der Waals surface area contributed by atoms with E-state index in [1.165, 1.54) is 23.1 Å². The molecule has 0 saturated heterocycles. The molecular weight excluding hydrogens is 368 g/mol. The van der Waals surface area contributed by atoms with E-state index < -0.39 is 0 Å². The topological polar surface area (TPSA) is 96.5 Å². The fourth-order valence-electron chi connectivity index (χ4n) is 2.32. The van der Waals surface area contributed by atoms with Crippen LogP contribution in [0.1, 0.15) is 18.9 Å². The van der Waals surface area contributed by atoms with Gasteiger partial charge in [-0.2, -0.15) is 5.26 Å². The van der Waals surface area contributed by atoms with Crippen LogP contribution in [0.15, 0.2) is 41.1 Å². The monoisotopic (exact) mass is 384 g/mol. The number of nitrogens with one attached hydrogen (secondary N) is 1. The van der Waals surface area contributed by atoms with Crippen molar-refractivity contribution in [2.45, 2.75) is 25.0 Å². The summed E-state index contributed by atoms with van der Waals surface area (Å²) in [6.07, 6.45) is 4.36. The Morgan fingerprint density at radius 1 is 1.35 bits per heavy atom. The number of nitrogens with zero attached hydrogens (tertiary/aromatic N) is 5. The predicted octanol–water partition coefficient (Wildman–Crippen LogP) is 3.41. The summed E-state index contributed by atoms with van der Waals surface area (Å²) >= 11 is 2.66. The van der Waals surface area contributed by atoms with Gasteiger partial charge < -0.3 is 9.88 Å². The fraction of sp³-hybridized carbons (Fsp3) is 0.235. The van der Waals surface area contributed by atoms with Crippen molar-refractivity contribution in [3.8, 4) is 17.5 Å². The molecule has 0 aliphatic rings. The second-order valence-electron chi connectivity index (χ2n) is 5.31. The number of pyridine rings is 1. The molecule has 0 aromatic carbocycles. The first kappa shape index (κ1) is 18.1. The number of anilines is 1. The third-order valence-electron chi connectivity index (χ3n) is 3.47. The number of hydrogen-bond donors (Lipinski definition) is 1. The van der Waals surface area contributed by atoms with E-state index in [4.69, 9.17) is 5.26 Å². The van der Waals surface area contributed by atoms with Crippen LogP contribution in [0.5, 0.6) is 0 Å². The summed E-state index contributed by atoms with van der Waals surface area (Å²) < 4.78 is 2.01. The third kappa shape index (κ3) is 4.09. The van der Waals surface area contributed by atoms with Gasteiger partial charge in [0, 0.05) is 24.5 Å². The third-order valence-corrected chi connectivity index (χ3v) is 5.27. The summed E-state index contributed by atoms with van der Waals surface area (Å²) in [5, 5.41) is 23.3. The maximum atomic E-state index is 12.2. The zero-order valence-electron chi connectivity index (χ0n) is 14.0. The molecule has 9 heteroatoms. The number of carbonyl (C=O) groups is 1. The molecule has 0 radical (unpaired) electrons. The molecule has 0 unspecified atom stereocenters. The summed E-state index contributed by atoms with van der Waals surface area (Å²) in [6, 6.07) is 7.52. The lowest BCUT2D eigenvalue weighted by atomic mass is 10.2. The van der Waals surface area contributed by atoms with Gasteiger partial charge in [0.2, 0.25) is 5.91 Å². The number of thiophene rings is 1. The molecule has 0 atom stereocenters. The van der Waals surface area contributed by atoms with Crippen LogP contribution in [0.3, 0.4) is 0 Å². The summed E-state index contributed by atoms with van der Waals surface area (Å²) in [7, 11) is 0. The van der Waals surface area contributed by atoms with Crippen LogP contribution in [-0.2, 0) is 11.3 Å². The zero-order chi connectivity index (χ0) is 18.4. The number of amides is 1. The lowest BCUT2D eigenvalue weighted by Gasteiger charge is -2.08. The molecular formula is C17H16N6OS2. The van der Waals surface area contributed by atoms with Crippen LogP contribution < -0.4 is 5.32 Å². The van der Waals surface area contributed by atoms with Gasteiger partial charge in [0.1, 0.15) is 11.1 Å². The van der Waals surface area contributed by atoms with E-state index in [0.29, 0.717) is 15.7 Å².